The van der Waals surface area contributed by atoms with Crippen molar-refractivity contribution in [3.8, 4) is 5.75 Å². The summed E-state index contributed by atoms with van der Waals surface area (Å²) in [5.41, 5.74) is 1.45. The Labute approximate surface area is 134 Å². The summed E-state index contributed by atoms with van der Waals surface area (Å²) in [7, 11) is 0. The fourth-order valence-corrected chi connectivity index (χ4v) is 2.94. The lowest BCUT2D eigenvalue weighted by Crippen LogP contribution is -2.10. The van der Waals surface area contributed by atoms with Crippen molar-refractivity contribution in [1.29, 1.82) is 0 Å². The van der Waals surface area contributed by atoms with Gasteiger partial charge in [-0.25, -0.2) is 0 Å². The van der Waals surface area contributed by atoms with E-state index in [-0.39, 0.29) is 5.41 Å². The topological polar surface area (TPSA) is 52.3 Å². The van der Waals surface area contributed by atoms with Crippen LogP contribution in [0.5, 0.6) is 5.75 Å². The molecular weight excluding hydrogens is 296 g/mol. The molecule has 0 amide bonds. The van der Waals surface area contributed by atoms with Crippen LogP contribution in [0.2, 0.25) is 0 Å². The predicted molar refractivity (Wildman–Crippen MR) is 87.5 cm³/mol. The largest absolute Gasteiger partial charge is 0.486 e. The molecule has 6 heteroatoms. The molecule has 0 aliphatic rings. The highest BCUT2D eigenvalue weighted by Crippen LogP contribution is 2.25. The van der Waals surface area contributed by atoms with E-state index in [0.717, 1.165) is 28.0 Å². The number of hydrogen-bond donors (Lipinski definition) is 0. The average molecular weight is 316 g/mol. The van der Waals surface area contributed by atoms with E-state index in [4.69, 9.17) is 4.74 Å². The minimum absolute atomic E-state index is 0.155. The van der Waals surface area contributed by atoms with E-state index in [2.05, 4.69) is 48.2 Å². The Bertz CT molecular complexity index is 768. The van der Waals surface area contributed by atoms with Crippen LogP contribution in [0.15, 0.2) is 24.3 Å². The summed E-state index contributed by atoms with van der Waals surface area (Å²) in [6, 6.07) is 8.25. The zero-order valence-corrected chi connectivity index (χ0v) is 14.1. The molecule has 1 aromatic carbocycles. The normalized spacial score (nSPS) is 12.0. The van der Waals surface area contributed by atoms with E-state index in [0.29, 0.717) is 6.61 Å². The van der Waals surface area contributed by atoms with Gasteiger partial charge in [-0.05, 0) is 23.1 Å². The van der Waals surface area contributed by atoms with Crippen molar-refractivity contribution < 1.29 is 4.74 Å². The van der Waals surface area contributed by atoms with Crippen LogP contribution in [0.25, 0.3) is 4.96 Å². The van der Waals surface area contributed by atoms with E-state index >= 15 is 0 Å². The van der Waals surface area contributed by atoms with Crippen molar-refractivity contribution in [2.75, 3.05) is 0 Å². The third kappa shape index (κ3) is 2.97. The summed E-state index contributed by atoms with van der Waals surface area (Å²) < 4.78 is 7.62. The molecule has 116 valence electrons. The van der Waals surface area contributed by atoms with Gasteiger partial charge in [-0.15, -0.1) is 10.2 Å². The Morgan fingerprint density at radius 1 is 1.14 bits per heavy atom. The summed E-state index contributed by atoms with van der Waals surface area (Å²) in [6.07, 6.45) is 0.819. The molecule has 0 fully saturated rings. The first-order chi connectivity index (χ1) is 10.5. The highest BCUT2D eigenvalue weighted by atomic mass is 32.1. The molecule has 0 aliphatic carbocycles. The van der Waals surface area contributed by atoms with Crippen molar-refractivity contribution in [2.24, 2.45) is 0 Å². The van der Waals surface area contributed by atoms with Gasteiger partial charge in [0.05, 0.1) is 0 Å². The van der Waals surface area contributed by atoms with Crippen LogP contribution in [-0.4, -0.2) is 19.8 Å². The fourth-order valence-electron chi connectivity index (χ4n) is 2.17. The molecule has 0 spiro atoms. The second kappa shape index (κ2) is 5.68. The van der Waals surface area contributed by atoms with Gasteiger partial charge in [0.2, 0.25) is 4.96 Å². The van der Waals surface area contributed by atoms with Crippen molar-refractivity contribution in [3.05, 3.63) is 40.7 Å². The van der Waals surface area contributed by atoms with Crippen molar-refractivity contribution in [3.63, 3.8) is 0 Å². The molecule has 22 heavy (non-hydrogen) atoms. The predicted octanol–water partition coefficient (Wildman–Crippen LogP) is 3.62. The molecule has 0 bridgehead atoms. The maximum absolute atomic E-state index is 5.82. The standard InChI is InChI=1S/C16H20N4OS/c1-5-13-17-18-15-20(13)19-14(22-15)10-21-12-8-6-11(7-9-12)16(2,3)4/h6-9H,5,10H2,1-4H3. The number of aryl methyl sites for hydroxylation is 1. The molecule has 0 atom stereocenters. The van der Waals surface area contributed by atoms with E-state index in [1.54, 1.807) is 4.52 Å². The molecule has 0 radical (unpaired) electrons. The van der Waals surface area contributed by atoms with Crippen LogP contribution in [0.3, 0.4) is 0 Å². The maximum atomic E-state index is 5.82. The first-order valence-electron chi connectivity index (χ1n) is 7.40. The van der Waals surface area contributed by atoms with Crippen molar-refractivity contribution in [1.82, 2.24) is 19.8 Å². The van der Waals surface area contributed by atoms with Gasteiger partial charge in [-0.3, -0.25) is 0 Å². The van der Waals surface area contributed by atoms with Crippen molar-refractivity contribution in [2.45, 2.75) is 46.1 Å². The summed E-state index contributed by atoms with van der Waals surface area (Å²) in [6.45, 7) is 9.10. The first-order valence-corrected chi connectivity index (χ1v) is 8.22. The Hall–Kier alpha value is -1.95. The Morgan fingerprint density at radius 2 is 1.86 bits per heavy atom. The van der Waals surface area contributed by atoms with Gasteiger partial charge >= 0.3 is 0 Å². The zero-order chi connectivity index (χ0) is 15.7. The van der Waals surface area contributed by atoms with Gasteiger partial charge in [0.1, 0.15) is 12.4 Å². The zero-order valence-electron chi connectivity index (χ0n) is 13.3. The van der Waals surface area contributed by atoms with Crippen LogP contribution >= 0.6 is 11.3 Å². The number of rotatable bonds is 4. The Morgan fingerprint density at radius 3 is 2.50 bits per heavy atom. The number of hydrogen-bond acceptors (Lipinski definition) is 5. The molecule has 0 N–H and O–H groups in total. The lowest BCUT2D eigenvalue weighted by Gasteiger charge is -2.19. The van der Waals surface area contributed by atoms with Crippen LogP contribution in [0.4, 0.5) is 0 Å². The molecule has 3 aromatic rings. The molecule has 2 heterocycles. The minimum atomic E-state index is 0.155. The van der Waals surface area contributed by atoms with Crippen LogP contribution in [0, 0.1) is 0 Å². The number of fused-ring (bicyclic) bond motifs is 1. The summed E-state index contributed by atoms with van der Waals surface area (Å²) >= 11 is 1.51. The van der Waals surface area contributed by atoms with Gasteiger partial charge in [-0.1, -0.05) is 51.2 Å². The molecule has 3 rings (SSSR count). The van der Waals surface area contributed by atoms with Crippen molar-refractivity contribution >= 4 is 16.3 Å². The summed E-state index contributed by atoms with van der Waals surface area (Å²) in [5.74, 6) is 1.74. The van der Waals surface area contributed by atoms with Gasteiger partial charge in [0.25, 0.3) is 0 Å². The maximum Gasteiger partial charge on any atom is 0.234 e. The molecule has 2 aromatic heterocycles. The SMILES string of the molecule is CCc1nnc2sc(COc3ccc(C(C)(C)C)cc3)nn12. The lowest BCUT2D eigenvalue weighted by molar-refractivity contribution is 0.303. The minimum Gasteiger partial charge on any atom is -0.486 e. The monoisotopic (exact) mass is 316 g/mol. The first kappa shape index (κ1) is 15.0. The summed E-state index contributed by atoms with van der Waals surface area (Å²) in [5, 5.41) is 13.6. The van der Waals surface area contributed by atoms with E-state index < -0.39 is 0 Å². The second-order valence-electron chi connectivity index (χ2n) is 6.22. The average Bonchev–Trinajstić information content (AvgIpc) is 3.04. The molecule has 5 nitrogen and oxygen atoms in total. The highest BCUT2D eigenvalue weighted by Gasteiger charge is 2.13. The number of aromatic nitrogens is 4. The fraction of sp³-hybridized carbons (Fsp3) is 0.438. The number of benzene rings is 1. The third-order valence-electron chi connectivity index (χ3n) is 3.50. The molecule has 0 saturated carbocycles. The molecule has 0 saturated heterocycles. The van der Waals surface area contributed by atoms with E-state index in [9.17, 15) is 0 Å². The molecule has 0 aliphatic heterocycles. The quantitative estimate of drug-likeness (QED) is 0.737. The summed E-state index contributed by atoms with van der Waals surface area (Å²) in [4.78, 5) is 0.818. The van der Waals surface area contributed by atoms with Crippen LogP contribution in [-0.2, 0) is 18.4 Å². The second-order valence-corrected chi connectivity index (χ2v) is 7.26. The third-order valence-corrected chi connectivity index (χ3v) is 4.37. The Kier molecular flexibility index (Phi) is 3.87. The van der Waals surface area contributed by atoms with Crippen LogP contribution in [0.1, 0.15) is 44.1 Å². The van der Waals surface area contributed by atoms with Gasteiger partial charge in [0.15, 0.2) is 10.8 Å². The molecular formula is C16H20N4OS. The Balaban J connectivity index is 1.69. The van der Waals surface area contributed by atoms with Gasteiger partial charge in [0, 0.05) is 6.42 Å². The van der Waals surface area contributed by atoms with E-state index in [1.807, 2.05) is 19.1 Å². The smallest absolute Gasteiger partial charge is 0.234 e. The number of nitrogens with zero attached hydrogens (tertiary/aromatic N) is 4. The molecule has 0 unspecified atom stereocenters. The van der Waals surface area contributed by atoms with Crippen LogP contribution < -0.4 is 4.74 Å². The van der Waals surface area contributed by atoms with Gasteiger partial charge in [-0.2, -0.15) is 9.61 Å². The van der Waals surface area contributed by atoms with Gasteiger partial charge < -0.3 is 4.74 Å². The number of ether oxygens (including phenoxy) is 1. The highest BCUT2D eigenvalue weighted by molar-refractivity contribution is 7.16. The lowest BCUT2D eigenvalue weighted by atomic mass is 9.87. The van der Waals surface area contributed by atoms with E-state index in [1.165, 1.54) is 16.9 Å².